The number of hydrogen-bond donors (Lipinski definition) is 4. The van der Waals surface area contributed by atoms with E-state index < -0.39 is 36.1 Å². The Bertz CT molecular complexity index is 1180. The summed E-state index contributed by atoms with van der Waals surface area (Å²) in [5.74, 6) is -0.138. The molecule has 0 aliphatic rings. The molecule has 16 heteroatoms. The summed E-state index contributed by atoms with van der Waals surface area (Å²) in [6.45, 7) is 0. The SMILES string of the molecule is COc1ccc(/C=N\NC(=O)N/N=C/c2ccc(OC)c(S(=O)(=O)O)c2)cc1S(=O)(=O)O.[Na+]. The molecule has 0 heterocycles. The molecule has 0 fully saturated rings. The average molecular weight is 509 g/mol. The summed E-state index contributed by atoms with van der Waals surface area (Å²) in [5.41, 5.74) is 4.60. The topological polar surface area (TPSA) is 193 Å². The molecule has 0 unspecified atom stereocenters. The van der Waals surface area contributed by atoms with Crippen molar-refractivity contribution in [2.75, 3.05) is 14.2 Å². The van der Waals surface area contributed by atoms with Gasteiger partial charge in [-0.1, -0.05) is 0 Å². The van der Waals surface area contributed by atoms with Crippen LogP contribution in [0.4, 0.5) is 4.79 Å². The number of urea groups is 1. The fourth-order valence-electron chi connectivity index (χ4n) is 2.31. The summed E-state index contributed by atoms with van der Waals surface area (Å²) in [4.78, 5) is 10.8. The molecule has 0 aliphatic heterocycles. The standard InChI is InChI=1S/C17H18N4O9S2.Na/c1-29-13-5-3-11(7-15(13)31(23,24)25)9-18-20-17(22)21-19-10-12-4-6-14(30-2)16(8-12)32(26,27)28;/h3-10H,1-2H3,(H2,20,21,22)(H,23,24,25)(H,26,27,28);/q;+1/b18-9-,19-10+;. The van der Waals surface area contributed by atoms with E-state index in [1.165, 1.54) is 38.5 Å². The largest absolute Gasteiger partial charge is 1.00 e. The second kappa shape index (κ2) is 12.1. The van der Waals surface area contributed by atoms with Gasteiger partial charge in [-0.25, -0.2) is 15.6 Å². The van der Waals surface area contributed by atoms with Gasteiger partial charge in [-0.15, -0.1) is 0 Å². The third-order valence-electron chi connectivity index (χ3n) is 3.69. The number of nitrogens with one attached hydrogen (secondary N) is 2. The Morgan fingerprint density at radius 3 is 1.48 bits per heavy atom. The first kappa shape index (κ1) is 28.5. The van der Waals surface area contributed by atoms with E-state index in [0.29, 0.717) is 0 Å². The number of carbonyl (C=O) groups is 1. The molecule has 2 aromatic carbocycles. The third kappa shape index (κ3) is 8.39. The number of benzene rings is 2. The van der Waals surface area contributed by atoms with Gasteiger partial charge >= 0.3 is 35.6 Å². The van der Waals surface area contributed by atoms with Crippen LogP contribution in [0.2, 0.25) is 0 Å². The van der Waals surface area contributed by atoms with Crippen molar-refractivity contribution >= 4 is 38.7 Å². The molecule has 2 aromatic rings. The molecule has 0 radical (unpaired) electrons. The van der Waals surface area contributed by atoms with Crippen molar-refractivity contribution in [2.24, 2.45) is 10.2 Å². The second-order valence-electron chi connectivity index (χ2n) is 5.84. The van der Waals surface area contributed by atoms with Crippen LogP contribution in [0.25, 0.3) is 0 Å². The number of methoxy groups -OCH3 is 2. The van der Waals surface area contributed by atoms with E-state index in [4.69, 9.17) is 9.47 Å². The monoisotopic (exact) mass is 509 g/mol. The van der Waals surface area contributed by atoms with E-state index >= 15 is 0 Å². The Balaban J connectivity index is 0.00000544. The van der Waals surface area contributed by atoms with Crippen LogP contribution in [0, 0.1) is 0 Å². The second-order valence-corrected chi connectivity index (χ2v) is 8.62. The Morgan fingerprint density at radius 1 is 0.818 bits per heavy atom. The van der Waals surface area contributed by atoms with Gasteiger partial charge in [0.1, 0.15) is 21.3 Å². The fraction of sp³-hybridized carbons (Fsp3) is 0.118. The Labute approximate surface area is 211 Å². The van der Waals surface area contributed by atoms with Crippen LogP contribution in [-0.2, 0) is 20.2 Å². The zero-order valence-electron chi connectivity index (χ0n) is 17.6. The van der Waals surface area contributed by atoms with Crippen LogP contribution in [0.1, 0.15) is 11.1 Å². The molecule has 33 heavy (non-hydrogen) atoms. The van der Waals surface area contributed by atoms with Crippen LogP contribution in [0.15, 0.2) is 56.4 Å². The molecule has 4 N–H and O–H groups in total. The van der Waals surface area contributed by atoms with Crippen molar-refractivity contribution in [1.82, 2.24) is 10.9 Å². The van der Waals surface area contributed by atoms with Crippen LogP contribution < -0.4 is 49.9 Å². The van der Waals surface area contributed by atoms with Crippen LogP contribution in [0.3, 0.4) is 0 Å². The summed E-state index contributed by atoms with van der Waals surface area (Å²) in [5, 5.41) is 7.22. The molecule has 0 saturated carbocycles. The minimum atomic E-state index is -4.53. The molecule has 172 valence electrons. The number of amides is 2. The number of rotatable bonds is 8. The van der Waals surface area contributed by atoms with E-state index in [9.17, 15) is 30.7 Å². The Kier molecular flexibility index (Phi) is 10.4. The van der Waals surface area contributed by atoms with Crippen molar-refractivity contribution in [3.8, 4) is 11.5 Å². The summed E-state index contributed by atoms with van der Waals surface area (Å²) >= 11 is 0. The van der Waals surface area contributed by atoms with Gasteiger partial charge in [0.2, 0.25) is 0 Å². The molecule has 2 amide bonds. The number of ether oxygens (including phenoxy) is 2. The van der Waals surface area contributed by atoms with E-state index in [1.807, 2.05) is 0 Å². The predicted molar refractivity (Wildman–Crippen MR) is 112 cm³/mol. The van der Waals surface area contributed by atoms with Gasteiger partial charge in [0.05, 0.1) is 26.6 Å². The summed E-state index contributed by atoms with van der Waals surface area (Å²) in [6, 6.07) is 6.77. The summed E-state index contributed by atoms with van der Waals surface area (Å²) < 4.78 is 73.6. The Hall–Kier alpha value is -2.53. The normalized spacial score (nSPS) is 11.8. The quantitative estimate of drug-likeness (QED) is 0.133. The van der Waals surface area contributed by atoms with E-state index in [-0.39, 0.29) is 52.2 Å². The average Bonchev–Trinajstić information content (AvgIpc) is 2.72. The van der Waals surface area contributed by atoms with Crippen LogP contribution in [0.5, 0.6) is 11.5 Å². The smallest absolute Gasteiger partial charge is 0.495 e. The first-order chi connectivity index (χ1) is 15.0. The number of nitrogens with zero attached hydrogens (tertiary/aromatic N) is 2. The molecule has 13 nitrogen and oxygen atoms in total. The van der Waals surface area contributed by atoms with Gasteiger partial charge in [-0.05, 0) is 47.5 Å². The van der Waals surface area contributed by atoms with Gasteiger partial charge in [0.25, 0.3) is 20.2 Å². The summed E-state index contributed by atoms with van der Waals surface area (Å²) in [7, 11) is -6.59. The molecule has 0 aliphatic carbocycles. The maximum absolute atomic E-state index is 11.7. The maximum Gasteiger partial charge on any atom is 1.00 e. The van der Waals surface area contributed by atoms with Crippen LogP contribution >= 0.6 is 0 Å². The van der Waals surface area contributed by atoms with Crippen molar-refractivity contribution < 1.29 is 69.8 Å². The number of hydrogen-bond acceptors (Lipinski definition) is 9. The molecule has 0 atom stereocenters. The van der Waals surface area contributed by atoms with Gasteiger partial charge < -0.3 is 9.47 Å². The van der Waals surface area contributed by atoms with Gasteiger partial charge in [-0.3, -0.25) is 9.11 Å². The Morgan fingerprint density at radius 2 is 1.18 bits per heavy atom. The molecule has 2 rings (SSSR count). The molecular weight excluding hydrogens is 491 g/mol. The maximum atomic E-state index is 11.7. The van der Waals surface area contributed by atoms with Crippen molar-refractivity contribution in [2.45, 2.75) is 9.79 Å². The third-order valence-corrected chi connectivity index (χ3v) is 5.44. The minimum absolute atomic E-state index is 0. The molecule has 0 spiro atoms. The molecule has 0 aromatic heterocycles. The van der Waals surface area contributed by atoms with Crippen molar-refractivity contribution in [3.63, 3.8) is 0 Å². The number of carbonyl (C=O) groups excluding carboxylic acids is 1. The van der Waals surface area contributed by atoms with Gasteiger partial charge in [0.15, 0.2) is 0 Å². The van der Waals surface area contributed by atoms with Crippen LogP contribution in [-0.4, -0.2) is 58.6 Å². The molecular formula is C17H18N4NaO9S2+. The first-order valence-electron chi connectivity index (χ1n) is 8.39. The molecule has 0 saturated heterocycles. The first-order valence-corrected chi connectivity index (χ1v) is 11.3. The van der Waals surface area contributed by atoms with E-state index in [2.05, 4.69) is 21.1 Å². The van der Waals surface area contributed by atoms with Gasteiger partial charge in [0, 0.05) is 0 Å². The van der Waals surface area contributed by atoms with Crippen molar-refractivity contribution in [3.05, 3.63) is 47.5 Å². The zero-order valence-corrected chi connectivity index (χ0v) is 21.2. The van der Waals surface area contributed by atoms with Gasteiger partial charge in [-0.2, -0.15) is 27.0 Å². The predicted octanol–water partition coefficient (Wildman–Crippen LogP) is -2.13. The van der Waals surface area contributed by atoms with E-state index in [1.54, 1.807) is 0 Å². The minimum Gasteiger partial charge on any atom is -0.495 e. The fourth-order valence-corrected chi connectivity index (χ4v) is 3.69. The van der Waals surface area contributed by atoms with E-state index in [0.717, 1.165) is 24.6 Å². The number of hydrazone groups is 2. The van der Waals surface area contributed by atoms with Crippen molar-refractivity contribution in [1.29, 1.82) is 0 Å². The molecule has 0 bridgehead atoms. The zero-order chi connectivity index (χ0) is 23.9. The summed E-state index contributed by atoms with van der Waals surface area (Å²) in [6.07, 6.45) is 2.22.